The molecule has 18 heavy (non-hydrogen) atoms. The second kappa shape index (κ2) is 5.16. The van der Waals surface area contributed by atoms with Gasteiger partial charge in [0, 0.05) is 26.0 Å². The van der Waals surface area contributed by atoms with Gasteiger partial charge in [0.1, 0.15) is 5.82 Å². The monoisotopic (exact) mass is 245 g/mol. The molecule has 1 N–H and O–H groups in total. The van der Waals surface area contributed by atoms with Crippen molar-refractivity contribution >= 4 is 5.82 Å². The molecule has 0 bridgehead atoms. The molecule has 2 heterocycles. The highest BCUT2D eigenvalue weighted by molar-refractivity contribution is 5.47. The second-order valence-electron chi connectivity index (χ2n) is 4.41. The maximum Gasteiger partial charge on any atom is 0.151 e. The summed E-state index contributed by atoms with van der Waals surface area (Å²) in [6.45, 7) is 7.07. The molecule has 0 amide bonds. The molecule has 0 aliphatic carbocycles. The Bertz CT molecular complexity index is 544. The van der Waals surface area contributed by atoms with Crippen molar-refractivity contribution in [3.05, 3.63) is 35.0 Å². The van der Waals surface area contributed by atoms with Gasteiger partial charge in [-0.2, -0.15) is 5.10 Å². The summed E-state index contributed by atoms with van der Waals surface area (Å²) in [5.41, 5.74) is 3.34. The van der Waals surface area contributed by atoms with Gasteiger partial charge in [0.25, 0.3) is 0 Å². The maximum absolute atomic E-state index is 4.32. The first kappa shape index (κ1) is 12.5. The second-order valence-corrected chi connectivity index (χ2v) is 4.41. The van der Waals surface area contributed by atoms with E-state index in [9.17, 15) is 0 Å². The van der Waals surface area contributed by atoms with E-state index in [-0.39, 0.29) is 0 Å². The predicted octanol–water partition coefficient (Wildman–Crippen LogP) is 1.85. The number of rotatable bonds is 4. The van der Waals surface area contributed by atoms with E-state index in [0.29, 0.717) is 0 Å². The quantitative estimate of drug-likeness (QED) is 0.893. The fraction of sp³-hybridized carbons (Fsp3) is 0.462. The molecule has 96 valence electrons. The van der Waals surface area contributed by atoms with Crippen LogP contribution in [0.1, 0.15) is 29.6 Å². The fourth-order valence-electron chi connectivity index (χ4n) is 1.87. The lowest BCUT2D eigenvalue weighted by molar-refractivity contribution is 0.791. The zero-order chi connectivity index (χ0) is 13.1. The molecule has 0 atom stereocenters. The van der Waals surface area contributed by atoms with Crippen molar-refractivity contribution in [1.29, 1.82) is 0 Å². The third kappa shape index (κ3) is 2.34. The lowest BCUT2D eigenvalue weighted by Crippen LogP contribution is -2.09. The van der Waals surface area contributed by atoms with Gasteiger partial charge in [-0.1, -0.05) is 0 Å². The topological polar surface area (TPSA) is 55.6 Å². The van der Waals surface area contributed by atoms with Crippen molar-refractivity contribution in [3.63, 3.8) is 0 Å². The lowest BCUT2D eigenvalue weighted by atomic mass is 10.1. The Balaban J connectivity index is 2.30. The minimum absolute atomic E-state index is 0.718. The summed E-state index contributed by atoms with van der Waals surface area (Å²) in [7, 11) is 1.99. The average molecular weight is 245 g/mol. The first-order valence-corrected chi connectivity index (χ1v) is 6.16. The van der Waals surface area contributed by atoms with Crippen LogP contribution in [0.2, 0.25) is 0 Å². The van der Waals surface area contributed by atoms with Crippen molar-refractivity contribution in [3.8, 4) is 0 Å². The molecule has 0 saturated heterocycles. The molecule has 0 aromatic carbocycles. The molecule has 0 spiro atoms. The predicted molar refractivity (Wildman–Crippen MR) is 71.7 cm³/mol. The number of nitrogens with one attached hydrogen (secondary N) is 1. The summed E-state index contributed by atoms with van der Waals surface area (Å²) in [5.74, 6) is 1.88. The number of hydrogen-bond donors (Lipinski definition) is 1. The number of imidazole rings is 1. The number of aromatic nitrogens is 4. The van der Waals surface area contributed by atoms with E-state index < -0.39 is 0 Å². The van der Waals surface area contributed by atoms with E-state index in [1.807, 2.05) is 17.8 Å². The summed E-state index contributed by atoms with van der Waals surface area (Å²) >= 11 is 0. The fourth-order valence-corrected chi connectivity index (χ4v) is 1.87. The highest BCUT2D eigenvalue weighted by Gasteiger charge is 2.11. The summed E-state index contributed by atoms with van der Waals surface area (Å²) in [4.78, 5) is 4.32. The molecule has 0 aliphatic rings. The summed E-state index contributed by atoms with van der Waals surface area (Å²) in [5, 5.41) is 11.8. The van der Waals surface area contributed by atoms with Crippen LogP contribution in [0.3, 0.4) is 0 Å². The normalized spacial score (nSPS) is 10.7. The van der Waals surface area contributed by atoms with Crippen LogP contribution in [0.4, 0.5) is 5.82 Å². The zero-order valence-corrected chi connectivity index (χ0v) is 11.4. The van der Waals surface area contributed by atoms with Crippen LogP contribution in [-0.2, 0) is 13.5 Å². The molecule has 2 aromatic rings. The molecule has 2 rings (SSSR count). The smallest absolute Gasteiger partial charge is 0.151 e. The van der Waals surface area contributed by atoms with E-state index in [2.05, 4.69) is 41.3 Å². The molecule has 0 radical (unpaired) electrons. The van der Waals surface area contributed by atoms with Crippen molar-refractivity contribution in [2.45, 2.75) is 27.2 Å². The number of nitrogens with zero attached hydrogens (tertiary/aromatic N) is 4. The standard InChI is InChI=1S/C13H19N5/c1-5-14-13-10(3)9(2)11(16-17-13)8-12-15-6-7-18(12)4/h6-7H,5,8H2,1-4H3,(H,14,17). The SMILES string of the molecule is CCNc1nnc(Cc2nccn2C)c(C)c1C. The Kier molecular flexibility index (Phi) is 3.60. The largest absolute Gasteiger partial charge is 0.369 e. The van der Waals surface area contributed by atoms with Crippen molar-refractivity contribution in [1.82, 2.24) is 19.7 Å². The van der Waals surface area contributed by atoms with E-state index in [0.717, 1.165) is 35.9 Å². The summed E-state index contributed by atoms with van der Waals surface area (Å²) < 4.78 is 2.01. The van der Waals surface area contributed by atoms with Crippen LogP contribution in [0, 0.1) is 13.8 Å². The summed E-state index contributed by atoms with van der Waals surface area (Å²) in [6.07, 6.45) is 4.46. The Morgan fingerprint density at radius 3 is 2.61 bits per heavy atom. The Hall–Kier alpha value is -1.91. The molecule has 0 aliphatic heterocycles. The van der Waals surface area contributed by atoms with E-state index in [1.54, 1.807) is 6.20 Å². The number of aryl methyl sites for hydroxylation is 1. The Labute approximate surface area is 107 Å². The Morgan fingerprint density at radius 1 is 1.22 bits per heavy atom. The number of anilines is 1. The molecule has 0 unspecified atom stereocenters. The molecule has 5 nitrogen and oxygen atoms in total. The molecule has 2 aromatic heterocycles. The van der Waals surface area contributed by atoms with Crippen LogP contribution in [0.25, 0.3) is 0 Å². The van der Waals surface area contributed by atoms with Crippen LogP contribution in [0.15, 0.2) is 12.4 Å². The van der Waals surface area contributed by atoms with Gasteiger partial charge < -0.3 is 9.88 Å². The third-order valence-electron chi connectivity index (χ3n) is 3.21. The molecule has 0 fully saturated rings. The minimum atomic E-state index is 0.718. The van der Waals surface area contributed by atoms with Gasteiger partial charge in [0.2, 0.25) is 0 Å². The first-order valence-electron chi connectivity index (χ1n) is 6.16. The molecule has 5 heteroatoms. The molecular formula is C13H19N5. The third-order valence-corrected chi connectivity index (χ3v) is 3.21. The maximum atomic E-state index is 4.32. The van der Waals surface area contributed by atoms with Gasteiger partial charge in [-0.05, 0) is 31.9 Å². The van der Waals surface area contributed by atoms with E-state index >= 15 is 0 Å². The summed E-state index contributed by atoms with van der Waals surface area (Å²) in [6, 6.07) is 0. The lowest BCUT2D eigenvalue weighted by Gasteiger charge is -2.11. The van der Waals surface area contributed by atoms with Gasteiger partial charge in [-0.3, -0.25) is 0 Å². The molecular weight excluding hydrogens is 226 g/mol. The highest BCUT2D eigenvalue weighted by atomic mass is 15.2. The van der Waals surface area contributed by atoms with Gasteiger partial charge in [-0.25, -0.2) is 4.98 Å². The van der Waals surface area contributed by atoms with Crippen LogP contribution in [0.5, 0.6) is 0 Å². The minimum Gasteiger partial charge on any atom is -0.369 e. The zero-order valence-electron chi connectivity index (χ0n) is 11.4. The van der Waals surface area contributed by atoms with Gasteiger partial charge in [-0.15, -0.1) is 5.10 Å². The van der Waals surface area contributed by atoms with E-state index in [1.165, 1.54) is 5.56 Å². The van der Waals surface area contributed by atoms with E-state index in [4.69, 9.17) is 0 Å². The van der Waals surface area contributed by atoms with Crippen LogP contribution in [-0.4, -0.2) is 26.3 Å². The van der Waals surface area contributed by atoms with Crippen molar-refractivity contribution in [2.24, 2.45) is 7.05 Å². The molecule has 0 saturated carbocycles. The first-order chi connectivity index (χ1) is 8.63. The van der Waals surface area contributed by atoms with Gasteiger partial charge in [0.05, 0.1) is 12.1 Å². The van der Waals surface area contributed by atoms with Crippen LogP contribution < -0.4 is 5.32 Å². The van der Waals surface area contributed by atoms with Crippen LogP contribution >= 0.6 is 0 Å². The van der Waals surface area contributed by atoms with Crippen molar-refractivity contribution < 1.29 is 0 Å². The van der Waals surface area contributed by atoms with Crippen molar-refractivity contribution in [2.75, 3.05) is 11.9 Å². The Morgan fingerprint density at radius 2 is 2.00 bits per heavy atom. The average Bonchev–Trinajstić information content (AvgIpc) is 2.75. The highest BCUT2D eigenvalue weighted by Crippen LogP contribution is 2.18. The van der Waals surface area contributed by atoms with Gasteiger partial charge >= 0.3 is 0 Å². The van der Waals surface area contributed by atoms with Gasteiger partial charge in [0.15, 0.2) is 5.82 Å². The number of hydrogen-bond acceptors (Lipinski definition) is 4.